The molecular weight excluding hydrogens is 370 g/mol. The molecule has 2 aliphatic rings. The number of hydrogen-bond acceptors (Lipinski definition) is 7. The molecule has 0 bridgehead atoms. The van der Waals surface area contributed by atoms with Crippen LogP contribution in [0.15, 0.2) is 36.5 Å². The monoisotopic (exact) mass is 389 g/mol. The second-order valence-electron chi connectivity index (χ2n) is 6.49. The first-order valence-electron chi connectivity index (χ1n) is 8.62. The number of carbonyl (C=O) groups is 1. The van der Waals surface area contributed by atoms with Gasteiger partial charge < -0.3 is 20.1 Å². The van der Waals surface area contributed by atoms with Crippen molar-refractivity contribution in [3.05, 3.63) is 42.2 Å². The van der Waals surface area contributed by atoms with Gasteiger partial charge in [-0.05, 0) is 30.7 Å². The molecule has 2 N–H and O–H groups in total. The second-order valence-corrected chi connectivity index (χ2v) is 8.72. The van der Waals surface area contributed by atoms with Crippen LogP contribution in [-0.2, 0) is 9.84 Å². The number of fused-ring (bicyclic) bond motifs is 1. The lowest BCUT2D eigenvalue weighted by atomic mass is 10.2. The van der Waals surface area contributed by atoms with E-state index in [1.165, 1.54) is 6.20 Å². The van der Waals surface area contributed by atoms with Gasteiger partial charge in [0.2, 0.25) is 0 Å². The maximum Gasteiger partial charge on any atom is 0.270 e. The van der Waals surface area contributed by atoms with Crippen LogP contribution in [0.5, 0.6) is 11.5 Å². The summed E-state index contributed by atoms with van der Waals surface area (Å²) in [4.78, 5) is 16.5. The van der Waals surface area contributed by atoms with Crippen molar-refractivity contribution in [3.8, 4) is 11.5 Å². The molecule has 3 heterocycles. The summed E-state index contributed by atoms with van der Waals surface area (Å²) in [7, 11) is -3.05. The van der Waals surface area contributed by atoms with Crippen LogP contribution in [0.1, 0.15) is 16.9 Å². The fourth-order valence-electron chi connectivity index (χ4n) is 3.09. The molecule has 0 saturated carbocycles. The molecule has 9 heteroatoms. The molecule has 4 rings (SSSR count). The first-order chi connectivity index (χ1) is 13.0. The Bertz CT molecular complexity index is 977. The molecular formula is C18H19N3O5S. The van der Waals surface area contributed by atoms with Gasteiger partial charge in [-0.2, -0.15) is 0 Å². The zero-order chi connectivity index (χ0) is 18.9. The highest BCUT2D eigenvalue weighted by molar-refractivity contribution is 7.91. The maximum absolute atomic E-state index is 12.4. The van der Waals surface area contributed by atoms with Crippen LogP contribution >= 0.6 is 0 Å². The average Bonchev–Trinajstić information content (AvgIpc) is 3.00. The molecule has 1 atom stereocenters. The number of nitrogens with zero attached hydrogens (tertiary/aromatic N) is 1. The Morgan fingerprint density at radius 1 is 1.07 bits per heavy atom. The number of hydrogen-bond donors (Lipinski definition) is 2. The molecule has 1 aromatic heterocycles. The molecule has 0 aliphatic carbocycles. The third-order valence-electron chi connectivity index (χ3n) is 4.39. The standard InChI is InChI=1S/C18H19N3O5S/c22-18(21-14-4-8-27(23,24)11-14)15-9-13(3-5-19-15)20-12-1-2-16-17(10-12)26-7-6-25-16/h1-3,5,9-10,14H,4,6-8,11H2,(H,19,20)(H,21,22). The number of sulfone groups is 1. The van der Waals surface area contributed by atoms with E-state index in [0.29, 0.717) is 36.8 Å². The summed E-state index contributed by atoms with van der Waals surface area (Å²) in [5.41, 5.74) is 1.70. The van der Waals surface area contributed by atoms with Gasteiger partial charge in [0, 0.05) is 29.7 Å². The second kappa shape index (κ2) is 7.07. The van der Waals surface area contributed by atoms with Gasteiger partial charge in [-0.15, -0.1) is 0 Å². The van der Waals surface area contributed by atoms with E-state index in [0.717, 1.165) is 5.69 Å². The number of benzene rings is 1. The highest BCUT2D eigenvalue weighted by Crippen LogP contribution is 2.33. The van der Waals surface area contributed by atoms with Crippen molar-refractivity contribution in [2.24, 2.45) is 0 Å². The van der Waals surface area contributed by atoms with Crippen molar-refractivity contribution in [1.29, 1.82) is 0 Å². The molecule has 2 aromatic rings. The minimum atomic E-state index is -3.05. The number of anilines is 2. The molecule has 1 fully saturated rings. The normalized spacial score (nSPS) is 20.1. The van der Waals surface area contributed by atoms with Crippen LogP contribution in [0.2, 0.25) is 0 Å². The van der Waals surface area contributed by atoms with Crippen LogP contribution in [0.25, 0.3) is 0 Å². The van der Waals surface area contributed by atoms with Crippen LogP contribution in [0.4, 0.5) is 11.4 Å². The lowest BCUT2D eigenvalue weighted by Gasteiger charge is -2.19. The van der Waals surface area contributed by atoms with Gasteiger partial charge in [-0.3, -0.25) is 9.78 Å². The van der Waals surface area contributed by atoms with E-state index in [2.05, 4.69) is 15.6 Å². The number of amides is 1. The lowest BCUT2D eigenvalue weighted by Crippen LogP contribution is -2.36. The predicted octanol–water partition coefficient (Wildman–Crippen LogP) is 1.51. The number of aromatic nitrogens is 1. The molecule has 27 heavy (non-hydrogen) atoms. The Morgan fingerprint density at radius 3 is 2.63 bits per heavy atom. The topological polar surface area (TPSA) is 107 Å². The van der Waals surface area contributed by atoms with Gasteiger partial charge in [-0.25, -0.2) is 8.42 Å². The predicted molar refractivity (Wildman–Crippen MR) is 99.5 cm³/mol. The molecule has 1 amide bonds. The molecule has 1 unspecified atom stereocenters. The zero-order valence-corrected chi connectivity index (χ0v) is 15.3. The SMILES string of the molecule is O=C(NC1CCS(=O)(=O)C1)c1cc(Nc2ccc3c(c2)OCCO3)ccn1. The summed E-state index contributed by atoms with van der Waals surface area (Å²) in [6.45, 7) is 1.04. The summed E-state index contributed by atoms with van der Waals surface area (Å²) in [5.74, 6) is 1.07. The molecule has 2 aliphatic heterocycles. The molecule has 0 radical (unpaired) electrons. The number of nitrogens with one attached hydrogen (secondary N) is 2. The highest BCUT2D eigenvalue weighted by Gasteiger charge is 2.29. The van der Waals surface area contributed by atoms with Gasteiger partial charge in [0.15, 0.2) is 21.3 Å². The fraction of sp³-hybridized carbons (Fsp3) is 0.333. The van der Waals surface area contributed by atoms with E-state index in [9.17, 15) is 13.2 Å². The van der Waals surface area contributed by atoms with Crippen molar-refractivity contribution < 1.29 is 22.7 Å². The summed E-state index contributed by atoms with van der Waals surface area (Å²) in [5, 5.41) is 5.94. The molecule has 8 nitrogen and oxygen atoms in total. The van der Waals surface area contributed by atoms with E-state index in [1.54, 1.807) is 12.1 Å². The van der Waals surface area contributed by atoms with Gasteiger partial charge in [0.25, 0.3) is 5.91 Å². The highest BCUT2D eigenvalue weighted by atomic mass is 32.2. The van der Waals surface area contributed by atoms with Crippen LogP contribution in [0.3, 0.4) is 0 Å². The Labute approximate surface area is 156 Å². The fourth-order valence-corrected chi connectivity index (χ4v) is 4.76. The number of pyridine rings is 1. The Kier molecular flexibility index (Phi) is 4.61. The molecule has 142 valence electrons. The van der Waals surface area contributed by atoms with Crippen molar-refractivity contribution >= 4 is 27.1 Å². The van der Waals surface area contributed by atoms with E-state index in [-0.39, 0.29) is 29.1 Å². The molecule has 1 aromatic carbocycles. The summed E-state index contributed by atoms with van der Waals surface area (Å²) < 4.78 is 34.1. The number of carbonyl (C=O) groups excluding carboxylic acids is 1. The van der Waals surface area contributed by atoms with Crippen molar-refractivity contribution in [3.63, 3.8) is 0 Å². The Morgan fingerprint density at radius 2 is 1.85 bits per heavy atom. The van der Waals surface area contributed by atoms with Gasteiger partial charge in [-0.1, -0.05) is 0 Å². The van der Waals surface area contributed by atoms with Crippen LogP contribution in [0, 0.1) is 0 Å². The maximum atomic E-state index is 12.4. The van der Waals surface area contributed by atoms with Gasteiger partial charge in [0.05, 0.1) is 11.5 Å². The minimum absolute atomic E-state index is 0.0200. The largest absolute Gasteiger partial charge is 0.486 e. The smallest absolute Gasteiger partial charge is 0.270 e. The Hall–Kier alpha value is -2.81. The van der Waals surface area contributed by atoms with Gasteiger partial charge >= 0.3 is 0 Å². The summed E-state index contributed by atoms with van der Waals surface area (Å²) >= 11 is 0. The average molecular weight is 389 g/mol. The van der Waals surface area contributed by atoms with E-state index in [4.69, 9.17) is 9.47 Å². The Balaban J connectivity index is 1.45. The quantitative estimate of drug-likeness (QED) is 0.816. The van der Waals surface area contributed by atoms with Crippen LogP contribution in [-0.4, -0.2) is 50.1 Å². The number of rotatable bonds is 4. The molecule has 1 saturated heterocycles. The van der Waals surface area contributed by atoms with Crippen molar-refractivity contribution in [2.75, 3.05) is 30.0 Å². The van der Waals surface area contributed by atoms with Crippen molar-refractivity contribution in [2.45, 2.75) is 12.5 Å². The summed E-state index contributed by atoms with van der Waals surface area (Å²) in [6.07, 6.45) is 1.96. The first kappa shape index (κ1) is 17.6. The number of ether oxygens (including phenoxy) is 2. The third-order valence-corrected chi connectivity index (χ3v) is 6.16. The lowest BCUT2D eigenvalue weighted by molar-refractivity contribution is 0.0936. The first-order valence-corrected chi connectivity index (χ1v) is 10.4. The molecule has 0 spiro atoms. The third kappa shape index (κ3) is 4.13. The van der Waals surface area contributed by atoms with E-state index in [1.807, 2.05) is 18.2 Å². The summed E-state index contributed by atoms with van der Waals surface area (Å²) in [6, 6.07) is 8.52. The van der Waals surface area contributed by atoms with Crippen molar-refractivity contribution in [1.82, 2.24) is 10.3 Å². The van der Waals surface area contributed by atoms with E-state index < -0.39 is 9.84 Å². The van der Waals surface area contributed by atoms with Crippen LogP contribution < -0.4 is 20.1 Å². The van der Waals surface area contributed by atoms with Gasteiger partial charge in [0.1, 0.15) is 18.9 Å². The zero-order valence-electron chi connectivity index (χ0n) is 14.5. The minimum Gasteiger partial charge on any atom is -0.486 e. The van der Waals surface area contributed by atoms with E-state index >= 15 is 0 Å².